The Balaban J connectivity index is 1.32. The summed E-state index contributed by atoms with van der Waals surface area (Å²) in [6, 6.07) is 49.5. The summed E-state index contributed by atoms with van der Waals surface area (Å²) in [7, 11) is 0. The number of rotatable bonds is 3. The van der Waals surface area contributed by atoms with E-state index in [9.17, 15) is 0 Å². The third kappa shape index (κ3) is 5.01. The first kappa shape index (κ1) is 36.2. The van der Waals surface area contributed by atoms with E-state index in [1.165, 1.54) is 65.6 Å². The van der Waals surface area contributed by atoms with E-state index >= 15 is 0 Å². The Kier molecular flexibility index (Phi) is 7.10. The zero-order valence-corrected chi connectivity index (χ0v) is 36.4. The minimum atomic E-state index is -0.104. The third-order valence-electron chi connectivity index (χ3n) is 13.4. The first-order chi connectivity index (χ1) is 29.2. The molecule has 12 aromatic rings. The normalized spacial score (nSPS) is 13.3. The van der Waals surface area contributed by atoms with E-state index in [2.05, 4.69) is 209 Å². The summed E-state index contributed by atoms with van der Waals surface area (Å²) in [6.45, 7) is 20.8. The number of para-hydroxylation sites is 2. The van der Waals surface area contributed by atoms with Gasteiger partial charge >= 0.3 is 0 Å². The summed E-state index contributed by atoms with van der Waals surface area (Å²) < 4.78 is 4.87. The van der Waals surface area contributed by atoms with Gasteiger partial charge in [0.1, 0.15) is 11.0 Å². The number of benzene rings is 7. The van der Waals surface area contributed by atoms with Crippen molar-refractivity contribution < 1.29 is 0 Å². The molecule has 0 unspecified atom stereocenters. The maximum absolute atomic E-state index is 5.89. The summed E-state index contributed by atoms with van der Waals surface area (Å²) in [6.07, 6.45) is 0. The minimum absolute atomic E-state index is 0.0216. The van der Waals surface area contributed by atoms with E-state index in [0.717, 1.165) is 55.7 Å². The Morgan fingerprint density at radius 3 is 1.59 bits per heavy atom. The Morgan fingerprint density at radius 2 is 0.934 bits per heavy atom. The van der Waals surface area contributed by atoms with Crippen molar-refractivity contribution in [3.63, 3.8) is 0 Å². The van der Waals surface area contributed by atoms with Crippen LogP contribution < -0.4 is 4.90 Å². The molecule has 0 aliphatic rings. The van der Waals surface area contributed by atoms with Crippen LogP contribution in [0.5, 0.6) is 0 Å². The lowest BCUT2D eigenvalue weighted by Crippen LogP contribution is -2.15. The standard InChI is InChI=1S/C56H49N5/c1-54(2,3)33-24-25-44-39(27-33)40-26-32-18-16-17-23-38(32)46-48-53(60(44)51(40)46)57-47-43-30-34(55(4,5)6)28-41-42-29-35(56(7,8)9)31-45(50(42)61(49(41)43)52(47)58-48)59(36-19-12-10-13-20-36)37-21-14-11-15-22-37/h10-31H,1-9H3. The van der Waals surface area contributed by atoms with Gasteiger partial charge in [-0.3, -0.25) is 8.80 Å². The van der Waals surface area contributed by atoms with Crippen LogP contribution in [0.2, 0.25) is 0 Å². The number of anilines is 3. The van der Waals surface area contributed by atoms with Crippen LogP contribution >= 0.6 is 0 Å². The Hall–Kier alpha value is -6.72. The van der Waals surface area contributed by atoms with Crippen LogP contribution in [0.25, 0.3) is 87.5 Å². The van der Waals surface area contributed by atoms with Crippen molar-refractivity contribution >= 4 is 105 Å². The molecule has 0 amide bonds. The smallest absolute Gasteiger partial charge is 0.165 e. The SMILES string of the molecule is CC(C)(C)c1ccc2c(c1)c1cc3ccccc3c3c4nc5c(nc4n2c13)c1cc(C(C)(C)C)cc2c3cc(C(C)(C)C)cc(N(c4ccccc4)c4ccccc4)c3n5c21. The molecule has 5 nitrogen and oxygen atoms in total. The fraction of sp³-hybridized carbons (Fsp3) is 0.214. The molecular weight excluding hydrogens is 743 g/mol. The van der Waals surface area contributed by atoms with Crippen molar-refractivity contribution in [1.29, 1.82) is 0 Å². The number of hydrogen-bond donors (Lipinski definition) is 0. The largest absolute Gasteiger partial charge is 0.308 e. The van der Waals surface area contributed by atoms with Crippen molar-refractivity contribution in [1.82, 2.24) is 18.8 Å². The summed E-state index contributed by atoms with van der Waals surface area (Å²) in [5.74, 6) is 0. The molecule has 0 saturated carbocycles. The van der Waals surface area contributed by atoms with E-state index in [4.69, 9.17) is 9.97 Å². The van der Waals surface area contributed by atoms with Crippen LogP contribution in [0.15, 0.2) is 133 Å². The molecule has 0 atom stereocenters. The molecule has 0 aliphatic carbocycles. The van der Waals surface area contributed by atoms with E-state index in [1.54, 1.807) is 0 Å². The van der Waals surface area contributed by atoms with Gasteiger partial charge in [0.05, 0.1) is 27.8 Å². The van der Waals surface area contributed by atoms with Gasteiger partial charge in [0.15, 0.2) is 11.3 Å². The van der Waals surface area contributed by atoms with Crippen molar-refractivity contribution in [2.75, 3.05) is 4.90 Å². The third-order valence-corrected chi connectivity index (χ3v) is 13.4. The molecule has 61 heavy (non-hydrogen) atoms. The van der Waals surface area contributed by atoms with E-state index in [0.29, 0.717) is 0 Å². The van der Waals surface area contributed by atoms with Crippen molar-refractivity contribution in [3.8, 4) is 0 Å². The first-order valence-corrected chi connectivity index (χ1v) is 21.7. The lowest BCUT2D eigenvalue weighted by molar-refractivity contribution is 0.591. The summed E-state index contributed by atoms with van der Waals surface area (Å²) >= 11 is 0. The molecule has 0 fully saturated rings. The Morgan fingerprint density at radius 1 is 0.410 bits per heavy atom. The molecule has 298 valence electrons. The fourth-order valence-corrected chi connectivity index (χ4v) is 10.1. The monoisotopic (exact) mass is 791 g/mol. The molecule has 5 aromatic heterocycles. The molecule has 7 aromatic carbocycles. The Labute approximate surface area is 355 Å². The molecule has 0 spiro atoms. The van der Waals surface area contributed by atoms with E-state index in [1.807, 2.05) is 0 Å². The molecule has 0 aliphatic heterocycles. The topological polar surface area (TPSA) is 37.8 Å². The van der Waals surface area contributed by atoms with Crippen molar-refractivity contribution in [2.45, 2.75) is 78.6 Å². The predicted octanol–water partition coefficient (Wildman–Crippen LogP) is 15.3. The van der Waals surface area contributed by atoms with Crippen LogP contribution in [0.1, 0.15) is 79.0 Å². The maximum atomic E-state index is 5.89. The zero-order valence-electron chi connectivity index (χ0n) is 36.4. The molecular formula is C56H49N5. The lowest BCUT2D eigenvalue weighted by atomic mass is 9.84. The van der Waals surface area contributed by atoms with Gasteiger partial charge < -0.3 is 4.90 Å². The molecule has 12 rings (SSSR count). The van der Waals surface area contributed by atoms with E-state index in [-0.39, 0.29) is 16.2 Å². The van der Waals surface area contributed by atoms with Gasteiger partial charge in [-0.05, 0) is 110 Å². The lowest BCUT2D eigenvalue weighted by Gasteiger charge is -2.29. The van der Waals surface area contributed by atoms with Crippen LogP contribution in [0, 0.1) is 0 Å². The highest BCUT2D eigenvalue weighted by Crippen LogP contribution is 2.50. The zero-order chi connectivity index (χ0) is 41.9. The predicted molar refractivity (Wildman–Crippen MR) is 260 cm³/mol. The maximum Gasteiger partial charge on any atom is 0.165 e. The summed E-state index contributed by atoms with van der Waals surface area (Å²) in [4.78, 5) is 14.2. The second kappa shape index (κ2) is 12.0. The second-order valence-electron chi connectivity index (χ2n) is 20.4. The highest BCUT2D eigenvalue weighted by atomic mass is 15.2. The minimum Gasteiger partial charge on any atom is -0.308 e. The summed E-state index contributed by atoms with van der Waals surface area (Å²) in [5.41, 5.74) is 15.4. The molecule has 0 radical (unpaired) electrons. The van der Waals surface area contributed by atoms with Crippen LogP contribution in [-0.4, -0.2) is 18.8 Å². The molecule has 0 bridgehead atoms. The molecule has 0 saturated heterocycles. The molecule has 5 heterocycles. The number of fused-ring (bicyclic) bond motifs is 14. The van der Waals surface area contributed by atoms with Crippen LogP contribution in [0.3, 0.4) is 0 Å². The average Bonchev–Trinajstić information content (AvgIpc) is 3.95. The van der Waals surface area contributed by atoms with Crippen LogP contribution in [0.4, 0.5) is 17.1 Å². The van der Waals surface area contributed by atoms with Crippen molar-refractivity contribution in [3.05, 3.63) is 150 Å². The van der Waals surface area contributed by atoms with Gasteiger partial charge in [0, 0.05) is 43.7 Å². The quantitative estimate of drug-likeness (QED) is 0.179. The molecule has 0 N–H and O–H groups in total. The first-order valence-electron chi connectivity index (χ1n) is 21.7. The fourth-order valence-electron chi connectivity index (χ4n) is 10.1. The van der Waals surface area contributed by atoms with Crippen molar-refractivity contribution in [2.24, 2.45) is 0 Å². The highest BCUT2D eigenvalue weighted by molar-refractivity contribution is 6.32. The number of nitrogens with zero attached hydrogens (tertiary/aromatic N) is 5. The highest BCUT2D eigenvalue weighted by Gasteiger charge is 2.31. The van der Waals surface area contributed by atoms with Gasteiger partial charge in [-0.1, -0.05) is 129 Å². The average molecular weight is 792 g/mol. The van der Waals surface area contributed by atoms with Gasteiger partial charge in [-0.25, -0.2) is 9.97 Å². The molecule has 5 heteroatoms. The second-order valence-corrected chi connectivity index (χ2v) is 20.4. The van der Waals surface area contributed by atoms with Gasteiger partial charge in [0.2, 0.25) is 0 Å². The van der Waals surface area contributed by atoms with Crippen LogP contribution in [-0.2, 0) is 16.2 Å². The van der Waals surface area contributed by atoms with Gasteiger partial charge in [0.25, 0.3) is 0 Å². The van der Waals surface area contributed by atoms with Gasteiger partial charge in [-0.2, -0.15) is 0 Å². The van der Waals surface area contributed by atoms with E-state index < -0.39 is 0 Å². The summed E-state index contributed by atoms with van der Waals surface area (Å²) in [5, 5.41) is 9.69. The number of hydrogen-bond acceptors (Lipinski definition) is 3. The van der Waals surface area contributed by atoms with Gasteiger partial charge in [-0.15, -0.1) is 0 Å². The number of aromatic nitrogens is 4. The Bertz CT molecular complexity index is 3700.